The van der Waals surface area contributed by atoms with Crippen LogP contribution in [0.1, 0.15) is 89.0 Å². The molecule has 0 saturated heterocycles. The van der Waals surface area contributed by atoms with Gasteiger partial charge in [0.25, 0.3) is 0 Å². The van der Waals surface area contributed by atoms with Gasteiger partial charge in [-0.15, -0.1) is 13.2 Å². The second-order valence-electron chi connectivity index (χ2n) is 10.6. The lowest BCUT2D eigenvalue weighted by atomic mass is 9.63. The lowest BCUT2D eigenvalue weighted by molar-refractivity contribution is -0.275. The normalized spacial score (nSPS) is 24.4. The molecule has 2 fully saturated rings. The van der Waals surface area contributed by atoms with E-state index in [9.17, 15) is 17.6 Å². The number of benzene rings is 2. The number of fused-ring (bicyclic) bond motifs is 1. The fourth-order valence-corrected chi connectivity index (χ4v) is 6.38. The molecular formula is C29H34F6O. The highest BCUT2D eigenvalue weighted by Gasteiger charge is 2.36. The number of rotatable bonds is 8. The van der Waals surface area contributed by atoms with Crippen molar-refractivity contribution in [2.75, 3.05) is 0 Å². The zero-order valence-electron chi connectivity index (χ0n) is 20.7. The van der Waals surface area contributed by atoms with Crippen LogP contribution in [0.15, 0.2) is 30.3 Å². The van der Waals surface area contributed by atoms with Gasteiger partial charge in [0.1, 0.15) is 11.6 Å². The fraction of sp³-hybridized carbons (Fsp3) is 0.586. The number of halogens is 6. The highest BCUT2D eigenvalue weighted by molar-refractivity contribution is 5.66. The summed E-state index contributed by atoms with van der Waals surface area (Å²) in [5, 5.41) is 0. The maximum Gasteiger partial charge on any atom is 0.573 e. The molecule has 2 aliphatic carbocycles. The van der Waals surface area contributed by atoms with E-state index in [1.807, 2.05) is 0 Å². The Hall–Kier alpha value is -2.18. The minimum absolute atomic E-state index is 0.0738. The maximum absolute atomic E-state index is 15.0. The first kappa shape index (κ1) is 26.9. The molecule has 0 aliphatic heterocycles. The Morgan fingerprint density at radius 3 is 2.17 bits per heavy atom. The van der Waals surface area contributed by atoms with Gasteiger partial charge in [0.05, 0.1) is 5.56 Å². The van der Waals surface area contributed by atoms with Crippen LogP contribution in [-0.4, -0.2) is 6.36 Å². The first-order chi connectivity index (χ1) is 17.1. The van der Waals surface area contributed by atoms with Gasteiger partial charge in [-0.2, -0.15) is 0 Å². The summed E-state index contributed by atoms with van der Waals surface area (Å²) >= 11 is 0. The molecule has 0 heterocycles. The molecule has 0 aromatic heterocycles. The third-order valence-corrected chi connectivity index (χ3v) is 8.17. The third-order valence-electron chi connectivity index (χ3n) is 8.17. The van der Waals surface area contributed by atoms with Crippen LogP contribution in [-0.2, 0) is 0 Å². The average Bonchev–Trinajstić information content (AvgIpc) is 2.82. The second-order valence-corrected chi connectivity index (χ2v) is 10.6. The van der Waals surface area contributed by atoms with Gasteiger partial charge in [0, 0.05) is 0 Å². The zero-order valence-corrected chi connectivity index (χ0v) is 20.7. The molecule has 2 saturated carbocycles. The van der Waals surface area contributed by atoms with Crippen LogP contribution in [0.2, 0.25) is 0 Å². The van der Waals surface area contributed by atoms with Crippen LogP contribution in [0.5, 0.6) is 5.75 Å². The van der Waals surface area contributed by atoms with Crippen molar-refractivity contribution in [3.8, 4) is 16.9 Å². The Morgan fingerprint density at radius 1 is 0.806 bits per heavy atom. The molecule has 36 heavy (non-hydrogen) atoms. The summed E-state index contributed by atoms with van der Waals surface area (Å²) in [6, 6.07) is 5.03. The SMILES string of the molecule is CCCCCCC1CC[C@@H]2C[C@H](c3cc(F)c(-c4ccc(OC(F)(F)F)c(F)c4)c(F)c3)CC[C@@H]2C1. The van der Waals surface area contributed by atoms with Crippen molar-refractivity contribution < 1.29 is 31.1 Å². The number of ether oxygens (including phenoxy) is 1. The van der Waals surface area contributed by atoms with Crippen molar-refractivity contribution >= 4 is 0 Å². The molecule has 198 valence electrons. The molecule has 2 aromatic carbocycles. The van der Waals surface area contributed by atoms with Crippen LogP contribution in [0.25, 0.3) is 11.1 Å². The third kappa shape index (κ3) is 6.57. The molecule has 1 nitrogen and oxygen atoms in total. The average molecular weight is 513 g/mol. The van der Waals surface area contributed by atoms with Crippen LogP contribution >= 0.6 is 0 Å². The quantitative estimate of drug-likeness (QED) is 0.253. The number of hydrogen-bond acceptors (Lipinski definition) is 1. The molecular weight excluding hydrogens is 478 g/mol. The van der Waals surface area contributed by atoms with Gasteiger partial charge in [-0.1, -0.05) is 51.5 Å². The van der Waals surface area contributed by atoms with Crippen molar-refractivity contribution in [2.45, 2.75) is 89.8 Å². The predicted octanol–water partition coefficient (Wildman–Crippen LogP) is 9.94. The molecule has 0 amide bonds. The van der Waals surface area contributed by atoms with E-state index >= 15 is 8.78 Å². The fourth-order valence-electron chi connectivity index (χ4n) is 6.38. The molecule has 2 aliphatic rings. The van der Waals surface area contributed by atoms with Gasteiger partial charge >= 0.3 is 6.36 Å². The molecule has 0 spiro atoms. The van der Waals surface area contributed by atoms with Crippen LogP contribution in [0, 0.1) is 35.2 Å². The van der Waals surface area contributed by atoms with Crippen molar-refractivity contribution in [1.82, 2.24) is 0 Å². The van der Waals surface area contributed by atoms with Gasteiger partial charge < -0.3 is 4.74 Å². The van der Waals surface area contributed by atoms with E-state index in [4.69, 9.17) is 0 Å². The van der Waals surface area contributed by atoms with Gasteiger partial charge in [0.15, 0.2) is 11.6 Å². The molecule has 2 aromatic rings. The van der Waals surface area contributed by atoms with Gasteiger partial charge in [-0.3, -0.25) is 0 Å². The topological polar surface area (TPSA) is 9.23 Å². The lowest BCUT2D eigenvalue weighted by Gasteiger charge is -2.42. The Morgan fingerprint density at radius 2 is 1.50 bits per heavy atom. The smallest absolute Gasteiger partial charge is 0.403 e. The second kappa shape index (κ2) is 11.5. The van der Waals surface area contributed by atoms with Crippen molar-refractivity contribution in [1.29, 1.82) is 0 Å². The molecule has 0 N–H and O–H groups in total. The van der Waals surface area contributed by atoms with Gasteiger partial charge in [-0.05, 0) is 91.2 Å². The highest BCUT2D eigenvalue weighted by atomic mass is 19.4. The van der Waals surface area contributed by atoms with Crippen LogP contribution in [0.4, 0.5) is 26.3 Å². The summed E-state index contributed by atoms with van der Waals surface area (Å²) in [5.74, 6) is -1.91. The van der Waals surface area contributed by atoms with E-state index in [-0.39, 0.29) is 11.5 Å². The standard InChI is InChI=1S/C29H34F6O/c1-2-3-4-5-6-18-7-8-20-14-21(10-9-19(20)13-18)23-16-25(31)28(26(32)17-23)22-11-12-27(24(30)15-22)36-29(33,34)35/h11-12,15-21H,2-10,13-14H2,1H3/t18?,19-,20-,21-/m1/s1. The van der Waals surface area contributed by atoms with E-state index < -0.39 is 35.1 Å². The van der Waals surface area contributed by atoms with Crippen molar-refractivity contribution in [3.63, 3.8) is 0 Å². The van der Waals surface area contributed by atoms with Crippen LogP contribution < -0.4 is 4.74 Å². The molecule has 4 rings (SSSR count). The first-order valence-corrected chi connectivity index (χ1v) is 13.2. The number of unbranched alkanes of at least 4 members (excludes halogenated alkanes) is 3. The predicted molar refractivity (Wildman–Crippen MR) is 128 cm³/mol. The molecule has 1 unspecified atom stereocenters. The van der Waals surface area contributed by atoms with E-state index in [1.165, 1.54) is 63.5 Å². The summed E-state index contributed by atoms with van der Waals surface area (Å²) in [7, 11) is 0. The zero-order chi connectivity index (χ0) is 25.9. The van der Waals surface area contributed by atoms with Gasteiger partial charge in [0.2, 0.25) is 0 Å². The Balaban J connectivity index is 1.42. The molecule has 4 atom stereocenters. The summed E-state index contributed by atoms with van der Waals surface area (Å²) in [6.45, 7) is 2.23. The Labute approximate surface area is 209 Å². The van der Waals surface area contributed by atoms with E-state index in [0.717, 1.165) is 37.3 Å². The first-order valence-electron chi connectivity index (χ1n) is 13.2. The van der Waals surface area contributed by atoms with Crippen molar-refractivity contribution in [3.05, 3.63) is 53.3 Å². The minimum atomic E-state index is -5.06. The van der Waals surface area contributed by atoms with E-state index in [0.29, 0.717) is 23.5 Å². The Kier molecular flexibility index (Phi) is 8.56. The maximum atomic E-state index is 15.0. The summed E-state index contributed by atoms with van der Waals surface area (Å²) in [4.78, 5) is 0. The van der Waals surface area contributed by atoms with E-state index in [1.54, 1.807) is 0 Å². The molecule has 0 radical (unpaired) electrons. The summed E-state index contributed by atoms with van der Waals surface area (Å²) in [6.07, 6.45) is 7.99. The monoisotopic (exact) mass is 512 g/mol. The van der Waals surface area contributed by atoms with Gasteiger partial charge in [-0.25, -0.2) is 13.2 Å². The Bertz CT molecular complexity index is 1010. The number of hydrogen-bond donors (Lipinski definition) is 0. The molecule has 0 bridgehead atoms. The van der Waals surface area contributed by atoms with Crippen LogP contribution in [0.3, 0.4) is 0 Å². The molecule has 7 heteroatoms. The summed E-state index contributed by atoms with van der Waals surface area (Å²) in [5.41, 5.74) is -0.0237. The van der Waals surface area contributed by atoms with E-state index in [2.05, 4.69) is 11.7 Å². The lowest BCUT2D eigenvalue weighted by Crippen LogP contribution is -2.30. The highest BCUT2D eigenvalue weighted by Crippen LogP contribution is 2.49. The van der Waals surface area contributed by atoms with Crippen molar-refractivity contribution in [2.24, 2.45) is 17.8 Å². The largest absolute Gasteiger partial charge is 0.573 e. The number of alkyl halides is 3. The minimum Gasteiger partial charge on any atom is -0.403 e. The summed E-state index contributed by atoms with van der Waals surface area (Å²) < 4.78 is 84.9.